The van der Waals surface area contributed by atoms with Crippen LogP contribution in [-0.4, -0.2) is 67.3 Å². The van der Waals surface area contributed by atoms with Crippen molar-refractivity contribution >= 4 is 23.2 Å². The number of likely N-dealkylation sites (tertiary alicyclic amines) is 1. The standard InChI is InChI=1S/C22H30N8O3/c1-14(2)18-12-25-29-20(18)26-21(23-11-16-7-8-28(3)13-19(16)31)27-22(29)24-10-15-5-4-6-17(9-15)30(32)33/h4-6,9,12,14,16,19,31H,7-8,10-11,13H2,1-3H3,(H2,23,24,26,27)/t16-,19+/m1/s1. The highest BCUT2D eigenvalue weighted by Gasteiger charge is 2.26. The van der Waals surface area contributed by atoms with Gasteiger partial charge in [-0.1, -0.05) is 26.0 Å². The average molecular weight is 455 g/mol. The Morgan fingerprint density at radius 1 is 1.30 bits per heavy atom. The third kappa shape index (κ3) is 5.20. The number of nitro benzene ring substituents is 1. The van der Waals surface area contributed by atoms with E-state index in [-0.39, 0.29) is 17.5 Å². The monoisotopic (exact) mass is 454 g/mol. The maximum atomic E-state index is 11.1. The molecular formula is C22H30N8O3. The minimum absolute atomic E-state index is 0.0438. The fourth-order valence-electron chi connectivity index (χ4n) is 4.06. The minimum Gasteiger partial charge on any atom is -0.391 e. The topological polar surface area (TPSA) is 134 Å². The molecule has 11 nitrogen and oxygen atoms in total. The molecule has 0 amide bonds. The average Bonchev–Trinajstić information content (AvgIpc) is 3.21. The molecule has 3 heterocycles. The first-order valence-electron chi connectivity index (χ1n) is 11.1. The van der Waals surface area contributed by atoms with E-state index in [9.17, 15) is 15.2 Å². The number of anilines is 2. The molecule has 3 aromatic rings. The van der Waals surface area contributed by atoms with E-state index in [2.05, 4.69) is 39.5 Å². The van der Waals surface area contributed by atoms with E-state index in [1.54, 1.807) is 16.8 Å². The van der Waals surface area contributed by atoms with Gasteiger partial charge in [-0.2, -0.15) is 19.6 Å². The van der Waals surface area contributed by atoms with E-state index in [0.717, 1.165) is 24.1 Å². The first-order valence-corrected chi connectivity index (χ1v) is 11.1. The van der Waals surface area contributed by atoms with Crippen LogP contribution in [-0.2, 0) is 6.54 Å². The molecule has 11 heteroatoms. The summed E-state index contributed by atoms with van der Waals surface area (Å²) in [5, 5.41) is 32.5. The van der Waals surface area contributed by atoms with Crippen LogP contribution >= 0.6 is 0 Å². The molecule has 1 aliphatic heterocycles. The third-order valence-corrected chi connectivity index (χ3v) is 6.04. The van der Waals surface area contributed by atoms with E-state index < -0.39 is 11.0 Å². The summed E-state index contributed by atoms with van der Waals surface area (Å²) in [5.74, 6) is 1.30. The van der Waals surface area contributed by atoms with Gasteiger partial charge in [0.2, 0.25) is 11.9 Å². The third-order valence-electron chi connectivity index (χ3n) is 6.04. The minimum atomic E-state index is -0.408. The Morgan fingerprint density at radius 3 is 2.85 bits per heavy atom. The molecule has 0 spiro atoms. The number of nitro groups is 1. The molecule has 0 bridgehead atoms. The molecule has 2 aromatic heterocycles. The molecule has 1 aromatic carbocycles. The van der Waals surface area contributed by atoms with Crippen LogP contribution in [0.25, 0.3) is 5.65 Å². The zero-order chi connectivity index (χ0) is 23.5. The lowest BCUT2D eigenvalue weighted by atomic mass is 9.94. The SMILES string of the molecule is CC(C)c1cnn2c(NCc3cccc([N+](=O)[O-])c3)nc(NC[C@H]3CCN(C)C[C@@H]3O)nc12. The molecule has 2 atom stereocenters. The number of benzene rings is 1. The summed E-state index contributed by atoms with van der Waals surface area (Å²) in [7, 11) is 2.01. The van der Waals surface area contributed by atoms with Gasteiger partial charge in [-0.3, -0.25) is 10.1 Å². The lowest BCUT2D eigenvalue weighted by Gasteiger charge is -2.33. The van der Waals surface area contributed by atoms with Crippen LogP contribution in [0.3, 0.4) is 0 Å². The van der Waals surface area contributed by atoms with Crippen LogP contribution < -0.4 is 10.6 Å². The highest BCUT2D eigenvalue weighted by atomic mass is 16.6. The molecule has 3 N–H and O–H groups in total. The lowest BCUT2D eigenvalue weighted by molar-refractivity contribution is -0.384. The van der Waals surface area contributed by atoms with Crippen LogP contribution in [0.1, 0.15) is 37.3 Å². The Morgan fingerprint density at radius 2 is 2.12 bits per heavy atom. The van der Waals surface area contributed by atoms with Crippen molar-refractivity contribution in [3.8, 4) is 0 Å². The number of nitrogens with zero attached hydrogens (tertiary/aromatic N) is 6. The molecule has 33 heavy (non-hydrogen) atoms. The summed E-state index contributed by atoms with van der Waals surface area (Å²) in [6.07, 6.45) is 2.29. The fraction of sp³-hybridized carbons (Fsp3) is 0.500. The Hall–Kier alpha value is -3.31. The first kappa shape index (κ1) is 22.9. The van der Waals surface area contributed by atoms with Crippen molar-refractivity contribution in [2.24, 2.45) is 5.92 Å². The lowest BCUT2D eigenvalue weighted by Crippen LogP contribution is -2.44. The zero-order valence-electron chi connectivity index (χ0n) is 19.1. The van der Waals surface area contributed by atoms with Gasteiger partial charge in [0.05, 0.1) is 17.2 Å². The Bertz CT molecular complexity index is 1130. The zero-order valence-corrected chi connectivity index (χ0v) is 19.1. The number of hydrogen-bond acceptors (Lipinski definition) is 9. The van der Waals surface area contributed by atoms with Gasteiger partial charge in [-0.15, -0.1) is 0 Å². The maximum Gasteiger partial charge on any atom is 0.269 e. The highest BCUT2D eigenvalue weighted by Crippen LogP contribution is 2.23. The van der Waals surface area contributed by atoms with E-state index in [0.29, 0.717) is 37.2 Å². The number of β-amino-alcohol motifs (C(OH)–C–C–N with tert-alkyl or cyclic N) is 1. The summed E-state index contributed by atoms with van der Waals surface area (Å²) in [6, 6.07) is 6.49. The van der Waals surface area contributed by atoms with Crippen molar-refractivity contribution in [3.05, 3.63) is 51.7 Å². The molecule has 1 fully saturated rings. The number of fused-ring (bicyclic) bond motifs is 1. The van der Waals surface area contributed by atoms with Gasteiger partial charge >= 0.3 is 0 Å². The number of non-ortho nitro benzene ring substituents is 1. The van der Waals surface area contributed by atoms with E-state index in [1.807, 2.05) is 13.1 Å². The second kappa shape index (κ2) is 9.67. The maximum absolute atomic E-state index is 11.1. The quantitative estimate of drug-likeness (QED) is 0.347. The number of aromatic nitrogens is 4. The molecular weight excluding hydrogens is 424 g/mol. The van der Waals surface area contributed by atoms with E-state index in [1.165, 1.54) is 12.1 Å². The van der Waals surface area contributed by atoms with E-state index >= 15 is 0 Å². The van der Waals surface area contributed by atoms with Gasteiger partial charge in [0.1, 0.15) is 0 Å². The van der Waals surface area contributed by atoms with Crippen LogP contribution in [0.15, 0.2) is 30.5 Å². The number of rotatable bonds is 8. The van der Waals surface area contributed by atoms with Crippen molar-refractivity contribution < 1.29 is 10.0 Å². The summed E-state index contributed by atoms with van der Waals surface area (Å²) in [4.78, 5) is 22.1. The molecule has 0 saturated carbocycles. The van der Waals surface area contributed by atoms with Gasteiger partial charge < -0.3 is 20.6 Å². The first-order chi connectivity index (χ1) is 15.8. The fourth-order valence-corrected chi connectivity index (χ4v) is 4.06. The number of hydrogen-bond donors (Lipinski definition) is 3. The molecule has 0 unspecified atom stereocenters. The molecule has 1 saturated heterocycles. The van der Waals surface area contributed by atoms with Gasteiger partial charge in [-0.05, 0) is 31.5 Å². The summed E-state index contributed by atoms with van der Waals surface area (Å²) in [5.41, 5.74) is 2.50. The predicted molar refractivity (Wildman–Crippen MR) is 125 cm³/mol. The molecule has 0 aliphatic carbocycles. The second-order valence-corrected chi connectivity index (χ2v) is 8.90. The summed E-state index contributed by atoms with van der Waals surface area (Å²) < 4.78 is 1.66. The van der Waals surface area contributed by atoms with Crippen molar-refractivity contribution in [2.75, 3.05) is 37.3 Å². The smallest absolute Gasteiger partial charge is 0.269 e. The van der Waals surface area contributed by atoms with Gasteiger partial charge in [-0.25, -0.2) is 0 Å². The van der Waals surface area contributed by atoms with Crippen LogP contribution in [0.2, 0.25) is 0 Å². The second-order valence-electron chi connectivity index (χ2n) is 8.90. The van der Waals surface area contributed by atoms with Crippen LogP contribution in [0.4, 0.5) is 17.6 Å². The molecule has 1 aliphatic rings. The largest absolute Gasteiger partial charge is 0.391 e. The Kier molecular flexibility index (Phi) is 6.70. The van der Waals surface area contributed by atoms with Gasteiger partial charge in [0.25, 0.3) is 5.69 Å². The molecule has 0 radical (unpaired) electrons. The van der Waals surface area contributed by atoms with Gasteiger partial charge in [0.15, 0.2) is 5.65 Å². The van der Waals surface area contributed by atoms with Crippen molar-refractivity contribution in [1.82, 2.24) is 24.5 Å². The Labute approximate surface area is 192 Å². The highest BCUT2D eigenvalue weighted by molar-refractivity contribution is 5.55. The number of aliphatic hydroxyl groups excluding tert-OH is 1. The number of piperidine rings is 1. The molecule has 4 rings (SSSR count). The Balaban J connectivity index is 1.57. The number of nitrogens with one attached hydrogen (secondary N) is 2. The summed E-state index contributed by atoms with van der Waals surface area (Å²) in [6.45, 7) is 6.68. The number of likely N-dealkylation sites (N-methyl/N-ethyl adjacent to an activating group) is 1. The molecule has 176 valence electrons. The van der Waals surface area contributed by atoms with Crippen molar-refractivity contribution in [2.45, 2.75) is 38.8 Å². The normalized spacial score (nSPS) is 19.2. The summed E-state index contributed by atoms with van der Waals surface area (Å²) >= 11 is 0. The van der Waals surface area contributed by atoms with Crippen molar-refractivity contribution in [3.63, 3.8) is 0 Å². The van der Waals surface area contributed by atoms with Crippen LogP contribution in [0.5, 0.6) is 0 Å². The van der Waals surface area contributed by atoms with Crippen molar-refractivity contribution in [1.29, 1.82) is 0 Å². The van der Waals surface area contributed by atoms with E-state index in [4.69, 9.17) is 4.98 Å². The number of aliphatic hydroxyl groups is 1. The predicted octanol–water partition coefficient (Wildman–Crippen LogP) is 2.49. The van der Waals surface area contributed by atoms with Gasteiger partial charge in [0, 0.05) is 43.2 Å². The van der Waals surface area contributed by atoms with Crippen LogP contribution in [0, 0.1) is 16.0 Å².